The average molecular weight is 234 g/mol. The molecule has 0 aliphatic rings. The average Bonchev–Trinajstić information content (AvgIpc) is 2.20. The van der Waals surface area contributed by atoms with E-state index >= 15 is 0 Å². The van der Waals surface area contributed by atoms with E-state index in [1.54, 1.807) is 6.92 Å². The van der Waals surface area contributed by atoms with E-state index in [2.05, 4.69) is 10.6 Å². The van der Waals surface area contributed by atoms with Crippen LogP contribution in [0, 0.1) is 17.5 Å². The van der Waals surface area contributed by atoms with Crippen molar-refractivity contribution in [3.63, 3.8) is 0 Å². The highest BCUT2D eigenvalue weighted by Gasteiger charge is 2.13. The highest BCUT2D eigenvalue weighted by Crippen LogP contribution is 2.19. The third-order valence-electron chi connectivity index (χ3n) is 1.62. The lowest BCUT2D eigenvalue weighted by Gasteiger charge is -2.09. The molecule has 6 heteroatoms. The number of benzene rings is 1. The third kappa shape index (κ3) is 2.82. The Morgan fingerprint density at radius 1 is 1.27 bits per heavy atom. The van der Waals surface area contributed by atoms with Crippen LogP contribution in [0.1, 0.15) is 6.92 Å². The molecule has 2 N–H and O–H groups in total. The van der Waals surface area contributed by atoms with Gasteiger partial charge in [0.25, 0.3) is 0 Å². The Labute approximate surface area is 90.5 Å². The van der Waals surface area contributed by atoms with Gasteiger partial charge in [0.1, 0.15) is 0 Å². The van der Waals surface area contributed by atoms with Gasteiger partial charge in [0.05, 0.1) is 5.69 Å². The van der Waals surface area contributed by atoms with E-state index in [0.29, 0.717) is 6.54 Å². The summed E-state index contributed by atoms with van der Waals surface area (Å²) in [6.45, 7) is 2.35. The van der Waals surface area contributed by atoms with Crippen LogP contribution < -0.4 is 10.6 Å². The van der Waals surface area contributed by atoms with Crippen molar-refractivity contribution in [2.24, 2.45) is 0 Å². The second-order valence-electron chi connectivity index (χ2n) is 2.71. The Bertz CT molecular complexity index is 382. The molecule has 0 unspecified atom stereocenters. The molecule has 0 saturated carbocycles. The number of rotatable bonds is 2. The van der Waals surface area contributed by atoms with Crippen LogP contribution in [0.4, 0.5) is 18.9 Å². The predicted molar refractivity (Wildman–Crippen MR) is 56.2 cm³/mol. The maximum Gasteiger partial charge on any atom is 0.196 e. The van der Waals surface area contributed by atoms with Crippen LogP contribution in [0.3, 0.4) is 0 Å². The second-order valence-corrected chi connectivity index (χ2v) is 3.12. The van der Waals surface area contributed by atoms with Gasteiger partial charge in [-0.15, -0.1) is 0 Å². The predicted octanol–water partition coefficient (Wildman–Crippen LogP) is 2.41. The number of thiocarbonyl (C=S) groups is 1. The van der Waals surface area contributed by atoms with Crippen LogP contribution >= 0.6 is 12.2 Å². The highest BCUT2D eigenvalue weighted by molar-refractivity contribution is 7.80. The lowest BCUT2D eigenvalue weighted by atomic mass is 10.3. The minimum absolute atomic E-state index is 0.155. The SMILES string of the molecule is CCNC(=S)Nc1ccc(F)c(F)c1F. The number of anilines is 1. The van der Waals surface area contributed by atoms with Gasteiger partial charge in [-0.2, -0.15) is 0 Å². The Morgan fingerprint density at radius 2 is 1.93 bits per heavy atom. The summed E-state index contributed by atoms with van der Waals surface area (Å²) in [5.41, 5.74) is -0.195. The van der Waals surface area contributed by atoms with Crippen molar-refractivity contribution < 1.29 is 13.2 Å². The summed E-state index contributed by atoms with van der Waals surface area (Å²) in [5, 5.41) is 5.27. The first-order valence-electron chi connectivity index (χ1n) is 4.24. The molecule has 1 rings (SSSR count). The zero-order valence-corrected chi connectivity index (χ0v) is 8.72. The van der Waals surface area contributed by atoms with Crippen LogP contribution in [-0.4, -0.2) is 11.7 Å². The summed E-state index contributed by atoms with van der Waals surface area (Å²) in [5.74, 6) is -4.03. The van der Waals surface area contributed by atoms with Gasteiger partial charge in [-0.1, -0.05) is 0 Å². The Morgan fingerprint density at radius 3 is 2.53 bits per heavy atom. The first kappa shape index (κ1) is 11.8. The molecular formula is C9H9F3N2S. The zero-order valence-electron chi connectivity index (χ0n) is 7.90. The Hall–Kier alpha value is -1.30. The molecule has 0 bridgehead atoms. The molecule has 0 radical (unpaired) electrons. The van der Waals surface area contributed by atoms with Gasteiger partial charge in [-0.05, 0) is 31.3 Å². The van der Waals surface area contributed by atoms with E-state index in [4.69, 9.17) is 12.2 Å². The van der Waals surface area contributed by atoms with Crippen LogP contribution in [0.25, 0.3) is 0 Å². The molecule has 0 atom stereocenters. The van der Waals surface area contributed by atoms with E-state index in [-0.39, 0.29) is 10.8 Å². The van der Waals surface area contributed by atoms with Crippen molar-refractivity contribution in [2.75, 3.05) is 11.9 Å². The van der Waals surface area contributed by atoms with Gasteiger partial charge in [0.15, 0.2) is 22.6 Å². The summed E-state index contributed by atoms with van der Waals surface area (Å²) in [7, 11) is 0. The number of hydrogen-bond acceptors (Lipinski definition) is 1. The normalized spacial score (nSPS) is 9.87. The Balaban J connectivity index is 2.87. The van der Waals surface area contributed by atoms with Crippen molar-refractivity contribution >= 4 is 23.0 Å². The fourth-order valence-electron chi connectivity index (χ4n) is 0.950. The van der Waals surface area contributed by atoms with Crippen LogP contribution in [0.5, 0.6) is 0 Å². The minimum Gasteiger partial charge on any atom is -0.363 e. The number of nitrogens with one attached hydrogen (secondary N) is 2. The Kier molecular flexibility index (Phi) is 3.90. The largest absolute Gasteiger partial charge is 0.363 e. The molecule has 0 aliphatic heterocycles. The van der Waals surface area contributed by atoms with Gasteiger partial charge in [0, 0.05) is 6.54 Å². The summed E-state index contributed by atoms with van der Waals surface area (Å²) >= 11 is 4.77. The van der Waals surface area contributed by atoms with Crippen LogP contribution in [0.15, 0.2) is 12.1 Å². The molecule has 0 aromatic heterocycles. The van der Waals surface area contributed by atoms with E-state index in [9.17, 15) is 13.2 Å². The molecule has 1 aromatic rings. The molecule has 0 heterocycles. The summed E-state index contributed by atoms with van der Waals surface area (Å²) < 4.78 is 38.4. The molecule has 1 aromatic carbocycles. The molecule has 82 valence electrons. The van der Waals surface area contributed by atoms with Crippen molar-refractivity contribution in [2.45, 2.75) is 6.92 Å². The molecule has 0 spiro atoms. The zero-order chi connectivity index (χ0) is 11.4. The lowest BCUT2D eigenvalue weighted by molar-refractivity contribution is 0.449. The highest BCUT2D eigenvalue weighted by atomic mass is 32.1. The van der Waals surface area contributed by atoms with Crippen molar-refractivity contribution in [3.8, 4) is 0 Å². The second kappa shape index (κ2) is 4.97. The monoisotopic (exact) mass is 234 g/mol. The summed E-state index contributed by atoms with van der Waals surface area (Å²) in [6.07, 6.45) is 0. The van der Waals surface area contributed by atoms with Crippen LogP contribution in [0.2, 0.25) is 0 Å². The van der Waals surface area contributed by atoms with E-state index < -0.39 is 17.5 Å². The minimum atomic E-state index is -1.51. The molecule has 15 heavy (non-hydrogen) atoms. The van der Waals surface area contributed by atoms with E-state index in [0.717, 1.165) is 12.1 Å². The maximum absolute atomic E-state index is 13.1. The molecule has 0 aliphatic carbocycles. The fourth-order valence-corrected chi connectivity index (χ4v) is 1.20. The van der Waals surface area contributed by atoms with Gasteiger partial charge in [-0.3, -0.25) is 0 Å². The topological polar surface area (TPSA) is 24.1 Å². The maximum atomic E-state index is 13.1. The van der Waals surface area contributed by atoms with Gasteiger partial charge >= 0.3 is 0 Å². The number of halogens is 3. The van der Waals surface area contributed by atoms with Gasteiger partial charge < -0.3 is 10.6 Å². The van der Waals surface area contributed by atoms with Gasteiger partial charge in [-0.25, -0.2) is 13.2 Å². The van der Waals surface area contributed by atoms with E-state index in [1.807, 2.05) is 0 Å². The quantitative estimate of drug-likeness (QED) is 0.607. The van der Waals surface area contributed by atoms with Crippen molar-refractivity contribution in [1.82, 2.24) is 5.32 Å². The molecule has 0 amide bonds. The van der Waals surface area contributed by atoms with Crippen molar-refractivity contribution in [1.29, 1.82) is 0 Å². The van der Waals surface area contributed by atoms with Gasteiger partial charge in [0.2, 0.25) is 0 Å². The first-order chi connectivity index (χ1) is 7.06. The standard InChI is InChI=1S/C9H9F3N2S/c1-2-13-9(15)14-6-4-3-5(10)7(11)8(6)12/h3-4H,2H2,1H3,(H2,13,14,15). The molecule has 0 saturated heterocycles. The molecule has 2 nitrogen and oxygen atoms in total. The first-order valence-corrected chi connectivity index (χ1v) is 4.65. The summed E-state index contributed by atoms with van der Waals surface area (Å²) in [4.78, 5) is 0. The van der Waals surface area contributed by atoms with Crippen molar-refractivity contribution in [3.05, 3.63) is 29.6 Å². The number of hydrogen-bond donors (Lipinski definition) is 2. The molecule has 0 fully saturated rings. The molecular weight excluding hydrogens is 225 g/mol. The lowest BCUT2D eigenvalue weighted by Crippen LogP contribution is -2.28. The summed E-state index contributed by atoms with van der Waals surface area (Å²) in [6, 6.07) is 1.91. The van der Waals surface area contributed by atoms with Crippen LogP contribution in [-0.2, 0) is 0 Å². The smallest absolute Gasteiger partial charge is 0.196 e. The fraction of sp³-hybridized carbons (Fsp3) is 0.222. The third-order valence-corrected chi connectivity index (χ3v) is 1.87. The van der Waals surface area contributed by atoms with E-state index in [1.165, 1.54) is 0 Å².